The van der Waals surface area contributed by atoms with Crippen LogP contribution in [0.4, 0.5) is 5.69 Å². The van der Waals surface area contributed by atoms with E-state index in [-0.39, 0.29) is 0 Å². The van der Waals surface area contributed by atoms with Crippen molar-refractivity contribution < 1.29 is 4.58 Å². The molecule has 140 valence electrons. The molecule has 1 heterocycles. The number of fused-ring (bicyclic) bond motifs is 1. The van der Waals surface area contributed by atoms with Gasteiger partial charge in [-0.3, -0.25) is 0 Å². The molecule has 27 heavy (non-hydrogen) atoms. The number of anilines is 1. The molecule has 1 aliphatic carbocycles. The lowest BCUT2D eigenvalue weighted by Gasteiger charge is -2.11. The van der Waals surface area contributed by atoms with Crippen molar-refractivity contribution in [3.63, 3.8) is 0 Å². The van der Waals surface area contributed by atoms with E-state index in [1.54, 1.807) is 11.8 Å². The molecule has 0 saturated heterocycles. The maximum Gasteiger partial charge on any atom is 0.234 e. The van der Waals surface area contributed by atoms with Gasteiger partial charge in [-0.2, -0.15) is 0 Å². The summed E-state index contributed by atoms with van der Waals surface area (Å²) in [5.74, 6) is 0. The Balaban J connectivity index is 1.45. The Morgan fingerprint density at radius 3 is 2.89 bits per heavy atom. The van der Waals surface area contributed by atoms with Crippen molar-refractivity contribution in [2.75, 3.05) is 18.6 Å². The number of thioether (sulfide) groups is 2. The molecule has 4 heteroatoms. The smallest absolute Gasteiger partial charge is 0.234 e. The number of rotatable bonds is 6. The van der Waals surface area contributed by atoms with E-state index < -0.39 is 0 Å². The molecule has 2 nitrogen and oxygen atoms in total. The molecule has 0 fully saturated rings. The minimum Gasteiger partial charge on any atom is -0.349 e. The molecule has 0 radical (unpaired) electrons. The van der Waals surface area contributed by atoms with Gasteiger partial charge in [0.05, 0.1) is 10.7 Å². The van der Waals surface area contributed by atoms with Crippen LogP contribution < -0.4 is 5.32 Å². The zero-order valence-corrected chi connectivity index (χ0v) is 17.6. The lowest BCUT2D eigenvalue weighted by molar-refractivity contribution is -0.521. The zero-order valence-electron chi connectivity index (χ0n) is 16.0. The van der Waals surface area contributed by atoms with Gasteiger partial charge in [0.2, 0.25) is 5.04 Å². The number of benzene rings is 1. The lowest BCUT2D eigenvalue weighted by Crippen LogP contribution is -2.25. The van der Waals surface area contributed by atoms with Crippen molar-refractivity contribution in [1.82, 2.24) is 0 Å². The van der Waals surface area contributed by atoms with Crippen LogP contribution in [0, 0.1) is 0 Å². The Bertz CT molecular complexity index is 802. The molecule has 0 spiro atoms. The first-order valence-corrected chi connectivity index (χ1v) is 11.4. The second kappa shape index (κ2) is 10.4. The molecule has 3 rings (SSSR count). The van der Waals surface area contributed by atoms with E-state index in [1.807, 2.05) is 11.8 Å². The maximum absolute atomic E-state index is 3.44. The van der Waals surface area contributed by atoms with E-state index in [2.05, 4.69) is 102 Å². The number of hydrogen-bond acceptors (Lipinski definition) is 3. The van der Waals surface area contributed by atoms with E-state index in [9.17, 15) is 0 Å². The Morgan fingerprint density at radius 2 is 2.11 bits per heavy atom. The first-order valence-electron chi connectivity index (χ1n) is 9.32. The van der Waals surface area contributed by atoms with E-state index in [1.165, 1.54) is 20.7 Å². The van der Waals surface area contributed by atoms with Crippen molar-refractivity contribution in [3.05, 3.63) is 84.0 Å². The summed E-state index contributed by atoms with van der Waals surface area (Å²) in [6.45, 7) is 0. The summed E-state index contributed by atoms with van der Waals surface area (Å²) in [6, 6.07) is 8.88. The highest BCUT2D eigenvalue weighted by atomic mass is 32.2. The average molecular weight is 396 g/mol. The Kier molecular flexibility index (Phi) is 7.66. The second-order valence-corrected chi connectivity index (χ2v) is 8.34. The largest absolute Gasteiger partial charge is 0.349 e. The predicted molar refractivity (Wildman–Crippen MR) is 123 cm³/mol. The van der Waals surface area contributed by atoms with Crippen molar-refractivity contribution in [1.29, 1.82) is 0 Å². The summed E-state index contributed by atoms with van der Waals surface area (Å²) in [4.78, 5) is 1.30. The number of unbranched alkanes of at least 4 members (excludes halogenated alkanes) is 1. The van der Waals surface area contributed by atoms with E-state index >= 15 is 0 Å². The number of nitrogens with zero attached hydrogens (tertiary/aromatic N) is 1. The van der Waals surface area contributed by atoms with Crippen molar-refractivity contribution in [2.24, 2.45) is 0 Å². The highest BCUT2D eigenvalue weighted by Crippen LogP contribution is 2.40. The molecule has 2 aliphatic rings. The first kappa shape index (κ1) is 19.8. The molecule has 1 unspecified atom stereocenters. The number of allylic oxidation sites excluding steroid dienone is 6. The Morgan fingerprint density at radius 1 is 1.26 bits per heavy atom. The van der Waals surface area contributed by atoms with Crippen molar-refractivity contribution in [2.45, 2.75) is 30.2 Å². The highest BCUT2D eigenvalue weighted by Gasteiger charge is 2.17. The Labute approximate surface area is 171 Å². The Hall–Kier alpha value is -1.91. The van der Waals surface area contributed by atoms with Gasteiger partial charge in [-0.15, -0.1) is 0 Å². The van der Waals surface area contributed by atoms with Gasteiger partial charge in [0, 0.05) is 17.4 Å². The number of para-hydroxylation sites is 1. The first-order chi connectivity index (χ1) is 13.3. The van der Waals surface area contributed by atoms with Crippen LogP contribution in [0.1, 0.15) is 19.3 Å². The lowest BCUT2D eigenvalue weighted by atomic mass is 10.1. The summed E-state index contributed by atoms with van der Waals surface area (Å²) in [6.07, 6.45) is 25.2. The van der Waals surface area contributed by atoms with Crippen LogP contribution in [0.15, 0.2) is 88.9 Å². The molecule has 1 aromatic carbocycles. The van der Waals surface area contributed by atoms with Crippen LogP contribution in [0.25, 0.3) is 0 Å². The molecule has 1 atom stereocenters. The van der Waals surface area contributed by atoms with Crippen LogP contribution in [0.2, 0.25) is 0 Å². The molecule has 0 aromatic heterocycles. The van der Waals surface area contributed by atoms with Crippen LogP contribution >= 0.6 is 23.5 Å². The molecule has 0 saturated carbocycles. The molecule has 0 amide bonds. The zero-order chi connectivity index (χ0) is 18.9. The van der Waals surface area contributed by atoms with E-state index in [4.69, 9.17) is 0 Å². The number of likely N-dealkylation sites (N-methyl/N-ethyl adjacent to an activating group) is 1. The third-order valence-corrected chi connectivity index (χ3v) is 6.40. The van der Waals surface area contributed by atoms with Gasteiger partial charge in [0.25, 0.3) is 0 Å². The van der Waals surface area contributed by atoms with E-state index in [0.29, 0.717) is 6.04 Å². The number of hydrogen-bond donors (Lipinski definition) is 1. The summed E-state index contributed by atoms with van der Waals surface area (Å²) >= 11 is 3.60. The van der Waals surface area contributed by atoms with Crippen LogP contribution in [-0.4, -0.2) is 29.0 Å². The van der Waals surface area contributed by atoms with Gasteiger partial charge >= 0.3 is 0 Å². The standard InChI is InChI=1S/C23H27N2S2/c1-25(19-13-7-6-8-14-19)23(26-2)18-10-5-3-4-9-17-22-24-20-15-11-12-16-21(20)27-22/h4,6-13,15-19,24H,3,5,14H2,1-2H3/q+1/b9-4+,18-10+,22-17-,25-23?. The SMILES string of the molecule is CSC(/C=C/CC/C=C/C=C1/Nc2ccccc2S1)=[N+](C)C1C=CC=CC1. The van der Waals surface area contributed by atoms with Gasteiger partial charge < -0.3 is 5.32 Å². The van der Waals surface area contributed by atoms with Crippen LogP contribution in [0.5, 0.6) is 0 Å². The van der Waals surface area contributed by atoms with Crippen LogP contribution in [0.3, 0.4) is 0 Å². The summed E-state index contributed by atoms with van der Waals surface area (Å²) in [5, 5.41) is 5.95. The van der Waals surface area contributed by atoms with Crippen molar-refractivity contribution in [3.8, 4) is 0 Å². The topological polar surface area (TPSA) is 15.0 Å². The van der Waals surface area contributed by atoms with E-state index in [0.717, 1.165) is 19.3 Å². The molecule has 1 N–H and O–H groups in total. The van der Waals surface area contributed by atoms with Gasteiger partial charge in [0.15, 0.2) is 6.04 Å². The monoisotopic (exact) mass is 395 g/mol. The fourth-order valence-electron chi connectivity index (χ4n) is 2.99. The second-order valence-electron chi connectivity index (χ2n) is 6.43. The fraction of sp³-hybridized carbons (Fsp3) is 0.261. The van der Waals surface area contributed by atoms with Gasteiger partial charge in [-0.05, 0) is 43.4 Å². The summed E-state index contributed by atoms with van der Waals surface area (Å²) in [5.41, 5.74) is 1.21. The molecule has 1 aliphatic heterocycles. The predicted octanol–water partition coefficient (Wildman–Crippen LogP) is 6.23. The number of nitrogens with one attached hydrogen (secondary N) is 1. The molecular weight excluding hydrogens is 368 g/mol. The van der Waals surface area contributed by atoms with Gasteiger partial charge in [-0.1, -0.05) is 72.1 Å². The van der Waals surface area contributed by atoms with Crippen molar-refractivity contribution >= 4 is 34.3 Å². The summed E-state index contributed by atoms with van der Waals surface area (Å²) < 4.78 is 2.36. The fourth-order valence-corrected chi connectivity index (χ4v) is 4.56. The maximum atomic E-state index is 3.44. The third-order valence-electron chi connectivity index (χ3n) is 4.52. The minimum atomic E-state index is 0.467. The quantitative estimate of drug-likeness (QED) is 0.266. The van der Waals surface area contributed by atoms with Gasteiger partial charge in [-0.25, -0.2) is 4.58 Å². The average Bonchev–Trinajstić information content (AvgIpc) is 3.13. The summed E-state index contributed by atoms with van der Waals surface area (Å²) in [7, 11) is 2.18. The van der Waals surface area contributed by atoms with Gasteiger partial charge in [0.1, 0.15) is 7.05 Å². The normalized spacial score (nSPS) is 21.1. The van der Waals surface area contributed by atoms with Crippen LogP contribution in [-0.2, 0) is 0 Å². The molecule has 1 aromatic rings. The highest BCUT2D eigenvalue weighted by molar-refractivity contribution is 8.13. The molecular formula is C23H27N2S2+. The molecule has 0 bridgehead atoms. The third kappa shape index (κ3) is 5.78. The minimum absolute atomic E-state index is 0.467.